The van der Waals surface area contributed by atoms with Crippen LogP contribution >= 0.6 is 0 Å². The van der Waals surface area contributed by atoms with Crippen molar-refractivity contribution < 1.29 is 13.2 Å². The van der Waals surface area contributed by atoms with E-state index in [1.165, 1.54) is 16.7 Å². The van der Waals surface area contributed by atoms with Gasteiger partial charge in [-0.1, -0.05) is 0 Å². The van der Waals surface area contributed by atoms with E-state index in [0.29, 0.717) is 19.1 Å². The summed E-state index contributed by atoms with van der Waals surface area (Å²) in [6.07, 6.45) is 5.62. The van der Waals surface area contributed by atoms with E-state index >= 15 is 0 Å². The highest BCUT2D eigenvalue weighted by Crippen LogP contribution is 2.18. The molecule has 0 spiro atoms. The molecular weight excluding hydrogens is 280 g/mol. The smallest absolute Gasteiger partial charge is 0.245 e. The fourth-order valence-electron chi connectivity index (χ4n) is 2.09. The molecule has 0 aliphatic carbocycles. The van der Waals surface area contributed by atoms with E-state index in [2.05, 4.69) is 15.3 Å². The van der Waals surface area contributed by atoms with Gasteiger partial charge in [0.15, 0.2) is 0 Å². The number of ether oxygens (including phenoxy) is 1. The van der Waals surface area contributed by atoms with Gasteiger partial charge in [-0.15, -0.1) is 0 Å². The maximum absolute atomic E-state index is 12.4. The molecule has 1 N–H and O–H groups in total. The van der Waals surface area contributed by atoms with E-state index in [9.17, 15) is 8.42 Å². The molecule has 0 saturated carbocycles. The van der Waals surface area contributed by atoms with Crippen LogP contribution in [0, 0.1) is 0 Å². The molecule has 2 rings (SSSR count). The Hall–Kier alpha value is -1.25. The Bertz CT molecular complexity index is 526. The van der Waals surface area contributed by atoms with Crippen molar-refractivity contribution in [1.82, 2.24) is 14.3 Å². The van der Waals surface area contributed by atoms with E-state index < -0.39 is 10.0 Å². The molecule has 0 aromatic carbocycles. The van der Waals surface area contributed by atoms with E-state index in [0.717, 1.165) is 19.3 Å². The third-order valence-electron chi connectivity index (χ3n) is 3.29. The number of anilines is 1. The van der Waals surface area contributed by atoms with Crippen molar-refractivity contribution in [2.24, 2.45) is 0 Å². The lowest BCUT2D eigenvalue weighted by atomic mass is 10.1. The van der Waals surface area contributed by atoms with Crippen molar-refractivity contribution in [2.75, 3.05) is 32.6 Å². The van der Waals surface area contributed by atoms with Gasteiger partial charge >= 0.3 is 0 Å². The second-order valence-electron chi connectivity index (χ2n) is 4.77. The van der Waals surface area contributed by atoms with Gasteiger partial charge in [0.2, 0.25) is 16.0 Å². The summed E-state index contributed by atoms with van der Waals surface area (Å²) in [5, 5.41) is 2.75. The Labute approximate surface area is 119 Å². The van der Waals surface area contributed by atoms with E-state index in [1.807, 2.05) is 0 Å². The number of aromatic nitrogens is 2. The van der Waals surface area contributed by atoms with E-state index in [-0.39, 0.29) is 11.0 Å². The van der Waals surface area contributed by atoms with Crippen molar-refractivity contribution in [2.45, 2.75) is 30.3 Å². The Balaban J connectivity index is 2.07. The number of hydrogen-bond acceptors (Lipinski definition) is 6. The number of sulfonamides is 1. The summed E-state index contributed by atoms with van der Waals surface area (Å²) in [4.78, 5) is 7.96. The van der Waals surface area contributed by atoms with Gasteiger partial charge in [0.25, 0.3) is 0 Å². The SMILES string of the molecule is CNc1ncc(S(=O)(=O)N(C)CC2CCCCO2)cn1. The number of nitrogens with zero attached hydrogens (tertiary/aromatic N) is 3. The number of likely N-dealkylation sites (N-methyl/N-ethyl adjacent to an activating group) is 1. The minimum absolute atomic E-state index is 0.0268. The van der Waals surface area contributed by atoms with Crippen LogP contribution in [0.2, 0.25) is 0 Å². The lowest BCUT2D eigenvalue weighted by Gasteiger charge is -2.26. The third-order valence-corrected chi connectivity index (χ3v) is 5.07. The van der Waals surface area contributed by atoms with Crippen LogP contribution in [0.25, 0.3) is 0 Å². The molecule has 1 aliphatic heterocycles. The molecule has 1 aromatic heterocycles. The molecular formula is C12H20N4O3S. The summed E-state index contributed by atoms with van der Waals surface area (Å²) in [7, 11) is -0.331. The van der Waals surface area contributed by atoms with Gasteiger partial charge in [-0.2, -0.15) is 4.31 Å². The molecule has 0 radical (unpaired) electrons. The summed E-state index contributed by atoms with van der Waals surface area (Å²) < 4.78 is 31.6. The lowest BCUT2D eigenvalue weighted by Crippen LogP contribution is -2.37. The fourth-order valence-corrected chi connectivity index (χ4v) is 3.19. The van der Waals surface area contributed by atoms with Crippen LogP contribution in [0.5, 0.6) is 0 Å². The first-order valence-corrected chi connectivity index (χ1v) is 8.06. The maximum Gasteiger partial charge on any atom is 0.245 e. The molecule has 7 nitrogen and oxygen atoms in total. The Morgan fingerprint density at radius 3 is 2.65 bits per heavy atom. The molecule has 0 bridgehead atoms. The first kappa shape index (κ1) is 15.1. The van der Waals surface area contributed by atoms with Gasteiger partial charge in [0.1, 0.15) is 4.90 Å². The molecule has 1 fully saturated rings. The predicted octanol–water partition coefficient (Wildman–Crippen LogP) is 0.708. The molecule has 1 saturated heterocycles. The van der Waals surface area contributed by atoms with Crippen molar-refractivity contribution in [1.29, 1.82) is 0 Å². The highest BCUT2D eigenvalue weighted by atomic mass is 32.2. The third kappa shape index (κ3) is 3.44. The van der Waals surface area contributed by atoms with Crippen LogP contribution in [-0.4, -0.2) is 56.0 Å². The standard InChI is InChI=1S/C12H20N4O3S/c1-13-12-14-7-11(8-15-12)20(17,18)16(2)9-10-5-3-4-6-19-10/h7-8,10H,3-6,9H2,1-2H3,(H,13,14,15). The number of hydrogen-bond donors (Lipinski definition) is 1. The maximum atomic E-state index is 12.4. The minimum Gasteiger partial charge on any atom is -0.377 e. The van der Waals surface area contributed by atoms with E-state index in [1.54, 1.807) is 14.1 Å². The number of nitrogens with one attached hydrogen (secondary N) is 1. The first-order chi connectivity index (χ1) is 9.54. The van der Waals surface area contributed by atoms with Crippen molar-refractivity contribution >= 4 is 16.0 Å². The first-order valence-electron chi connectivity index (χ1n) is 6.62. The van der Waals surface area contributed by atoms with Gasteiger partial charge in [-0.3, -0.25) is 0 Å². The summed E-state index contributed by atoms with van der Waals surface area (Å²) in [5.74, 6) is 0.391. The lowest BCUT2D eigenvalue weighted by molar-refractivity contribution is 0.00858. The van der Waals surface area contributed by atoms with Crippen LogP contribution in [0.3, 0.4) is 0 Å². The minimum atomic E-state index is -3.56. The van der Waals surface area contributed by atoms with Gasteiger partial charge in [0, 0.05) is 27.2 Å². The Kier molecular flexibility index (Phi) is 4.90. The second kappa shape index (κ2) is 6.47. The Morgan fingerprint density at radius 1 is 1.40 bits per heavy atom. The fraction of sp³-hybridized carbons (Fsp3) is 0.667. The molecule has 112 valence electrons. The topological polar surface area (TPSA) is 84.4 Å². The molecule has 2 heterocycles. The van der Waals surface area contributed by atoms with Crippen molar-refractivity contribution in [3.63, 3.8) is 0 Å². The zero-order valence-corrected chi connectivity index (χ0v) is 12.6. The normalized spacial score (nSPS) is 20.1. The molecule has 0 amide bonds. The van der Waals surface area contributed by atoms with Crippen LogP contribution in [0.4, 0.5) is 5.95 Å². The highest BCUT2D eigenvalue weighted by molar-refractivity contribution is 7.89. The Morgan fingerprint density at radius 2 is 2.10 bits per heavy atom. The molecule has 20 heavy (non-hydrogen) atoms. The van der Waals surface area contributed by atoms with Gasteiger partial charge in [-0.25, -0.2) is 18.4 Å². The van der Waals surface area contributed by atoms with Crippen LogP contribution in [0.15, 0.2) is 17.3 Å². The number of rotatable bonds is 5. The van der Waals surface area contributed by atoms with Crippen LogP contribution in [0.1, 0.15) is 19.3 Å². The summed E-state index contributed by atoms with van der Waals surface area (Å²) in [6.45, 7) is 1.06. The molecule has 1 unspecified atom stereocenters. The monoisotopic (exact) mass is 300 g/mol. The van der Waals surface area contributed by atoms with Gasteiger partial charge < -0.3 is 10.1 Å². The van der Waals surface area contributed by atoms with Crippen molar-refractivity contribution in [3.8, 4) is 0 Å². The van der Waals surface area contributed by atoms with Crippen LogP contribution < -0.4 is 5.32 Å². The summed E-state index contributed by atoms with van der Waals surface area (Å²) in [5.41, 5.74) is 0. The largest absolute Gasteiger partial charge is 0.377 e. The molecule has 1 aliphatic rings. The molecule has 1 atom stereocenters. The van der Waals surface area contributed by atoms with Crippen LogP contribution in [-0.2, 0) is 14.8 Å². The summed E-state index contributed by atoms with van der Waals surface area (Å²) in [6, 6.07) is 0. The molecule has 1 aromatic rings. The quantitative estimate of drug-likeness (QED) is 0.862. The highest BCUT2D eigenvalue weighted by Gasteiger charge is 2.25. The van der Waals surface area contributed by atoms with Gasteiger partial charge in [0.05, 0.1) is 18.5 Å². The molecule has 8 heteroatoms. The zero-order valence-electron chi connectivity index (χ0n) is 11.7. The average molecular weight is 300 g/mol. The average Bonchev–Trinajstić information content (AvgIpc) is 2.48. The van der Waals surface area contributed by atoms with E-state index in [4.69, 9.17) is 4.74 Å². The zero-order chi connectivity index (χ0) is 14.6. The summed E-state index contributed by atoms with van der Waals surface area (Å²) >= 11 is 0. The van der Waals surface area contributed by atoms with Crippen molar-refractivity contribution in [3.05, 3.63) is 12.4 Å². The second-order valence-corrected chi connectivity index (χ2v) is 6.81. The van der Waals surface area contributed by atoms with Gasteiger partial charge in [-0.05, 0) is 19.3 Å². The predicted molar refractivity (Wildman–Crippen MR) is 75.0 cm³/mol.